The Balaban J connectivity index is 2.79. The summed E-state index contributed by atoms with van der Waals surface area (Å²) in [4.78, 5) is 0. The Morgan fingerprint density at radius 3 is 2.64 bits per heavy atom. The number of ether oxygens (including phenoxy) is 1. The van der Waals surface area contributed by atoms with Crippen molar-refractivity contribution in [2.45, 2.75) is 39.5 Å². The molecule has 0 radical (unpaired) electrons. The fourth-order valence-electron chi connectivity index (χ4n) is 0.954. The molecule has 0 aromatic heterocycles. The van der Waals surface area contributed by atoms with Crippen LogP contribution >= 0.6 is 0 Å². The molecule has 0 amide bonds. The summed E-state index contributed by atoms with van der Waals surface area (Å²) in [5.74, 6) is 0. The average Bonchev–Trinajstić information content (AvgIpc) is 2.03. The van der Waals surface area contributed by atoms with Crippen LogP contribution in [0, 0.1) is 0 Å². The predicted molar refractivity (Wildman–Crippen MR) is 49.8 cm³/mol. The lowest BCUT2D eigenvalue weighted by atomic mass is 10.2. The molecule has 0 atom stereocenters. The summed E-state index contributed by atoms with van der Waals surface area (Å²) in [6.45, 7) is 5.90. The van der Waals surface area contributed by atoms with Crippen molar-refractivity contribution in [1.29, 1.82) is 0 Å². The second kappa shape index (κ2) is 9.70. The maximum Gasteiger partial charge on any atom is 0.0465 e. The molecule has 66 valence electrons. The molecule has 0 aliphatic carbocycles. The molecule has 0 fully saturated rings. The van der Waals surface area contributed by atoms with Gasteiger partial charge in [-0.2, -0.15) is 0 Å². The van der Waals surface area contributed by atoms with E-state index < -0.39 is 0 Å². The van der Waals surface area contributed by atoms with Crippen molar-refractivity contribution in [3.05, 3.63) is 12.2 Å². The fraction of sp³-hybridized carbons (Fsp3) is 0.800. The number of hydrogen-bond acceptors (Lipinski definition) is 1. The number of unbranched alkanes of at least 4 members (excludes halogenated alkanes) is 3. The SMILES string of the molecule is CC=CCCCCCOCC. The van der Waals surface area contributed by atoms with Crippen molar-refractivity contribution < 1.29 is 4.74 Å². The average molecular weight is 156 g/mol. The molecule has 0 aromatic rings. The lowest BCUT2D eigenvalue weighted by Gasteiger charge is -1.98. The molecule has 1 heteroatoms. The van der Waals surface area contributed by atoms with Gasteiger partial charge in [0, 0.05) is 13.2 Å². The van der Waals surface area contributed by atoms with Gasteiger partial charge < -0.3 is 4.74 Å². The van der Waals surface area contributed by atoms with Crippen LogP contribution in [0.3, 0.4) is 0 Å². The standard InChI is InChI=1S/C10H20O/c1-3-5-6-7-8-9-10-11-4-2/h3,5H,4,6-10H2,1-2H3. The van der Waals surface area contributed by atoms with E-state index in [-0.39, 0.29) is 0 Å². The van der Waals surface area contributed by atoms with Gasteiger partial charge in [-0.1, -0.05) is 18.6 Å². The van der Waals surface area contributed by atoms with E-state index >= 15 is 0 Å². The monoisotopic (exact) mass is 156 g/mol. The first-order chi connectivity index (χ1) is 5.41. The van der Waals surface area contributed by atoms with E-state index in [1.807, 2.05) is 6.92 Å². The zero-order valence-corrected chi connectivity index (χ0v) is 7.81. The molecule has 0 rings (SSSR count). The third kappa shape index (κ3) is 9.70. The summed E-state index contributed by atoms with van der Waals surface area (Å²) < 4.78 is 5.22. The minimum absolute atomic E-state index is 0.856. The van der Waals surface area contributed by atoms with E-state index in [1.165, 1.54) is 25.7 Å². The molecule has 0 bridgehead atoms. The van der Waals surface area contributed by atoms with Crippen LogP contribution in [-0.2, 0) is 4.74 Å². The predicted octanol–water partition coefficient (Wildman–Crippen LogP) is 3.16. The molecular weight excluding hydrogens is 136 g/mol. The maximum atomic E-state index is 5.22. The molecule has 11 heavy (non-hydrogen) atoms. The van der Waals surface area contributed by atoms with Crippen LogP contribution in [0.25, 0.3) is 0 Å². The van der Waals surface area contributed by atoms with E-state index in [4.69, 9.17) is 4.74 Å². The van der Waals surface area contributed by atoms with Crippen LogP contribution in [0.1, 0.15) is 39.5 Å². The number of hydrogen-bond donors (Lipinski definition) is 0. The van der Waals surface area contributed by atoms with E-state index in [9.17, 15) is 0 Å². The first kappa shape index (κ1) is 10.7. The Labute approximate surface area is 70.4 Å². The molecule has 0 aromatic carbocycles. The van der Waals surface area contributed by atoms with E-state index in [2.05, 4.69) is 19.1 Å². The van der Waals surface area contributed by atoms with Gasteiger partial charge in [0.05, 0.1) is 0 Å². The lowest BCUT2D eigenvalue weighted by molar-refractivity contribution is 0.143. The Morgan fingerprint density at radius 1 is 1.18 bits per heavy atom. The Hall–Kier alpha value is -0.300. The molecule has 0 unspecified atom stereocenters. The smallest absolute Gasteiger partial charge is 0.0465 e. The van der Waals surface area contributed by atoms with Crippen LogP contribution in [0.4, 0.5) is 0 Å². The van der Waals surface area contributed by atoms with Crippen LogP contribution in [0.5, 0.6) is 0 Å². The minimum atomic E-state index is 0.856. The van der Waals surface area contributed by atoms with Crippen molar-refractivity contribution in [3.63, 3.8) is 0 Å². The Bertz CT molecular complexity index is 86.9. The zero-order chi connectivity index (χ0) is 8.36. The van der Waals surface area contributed by atoms with Gasteiger partial charge in [0.2, 0.25) is 0 Å². The third-order valence-corrected chi connectivity index (χ3v) is 1.60. The fourth-order valence-corrected chi connectivity index (χ4v) is 0.954. The molecular formula is C10H20O. The summed E-state index contributed by atoms with van der Waals surface area (Å²) in [5.41, 5.74) is 0. The molecule has 0 saturated heterocycles. The zero-order valence-electron chi connectivity index (χ0n) is 7.81. The van der Waals surface area contributed by atoms with Gasteiger partial charge in [0.1, 0.15) is 0 Å². The van der Waals surface area contributed by atoms with Gasteiger partial charge in [-0.15, -0.1) is 0 Å². The first-order valence-corrected chi connectivity index (χ1v) is 4.60. The van der Waals surface area contributed by atoms with Crippen LogP contribution < -0.4 is 0 Å². The molecule has 0 aliphatic heterocycles. The third-order valence-electron chi connectivity index (χ3n) is 1.60. The normalized spacial score (nSPS) is 11.1. The van der Waals surface area contributed by atoms with Gasteiger partial charge in [0.15, 0.2) is 0 Å². The highest BCUT2D eigenvalue weighted by Gasteiger charge is 1.86. The summed E-state index contributed by atoms with van der Waals surface area (Å²) in [6.07, 6.45) is 9.37. The van der Waals surface area contributed by atoms with Gasteiger partial charge in [-0.25, -0.2) is 0 Å². The highest BCUT2D eigenvalue weighted by Crippen LogP contribution is 2.00. The van der Waals surface area contributed by atoms with E-state index in [0.29, 0.717) is 0 Å². The lowest BCUT2D eigenvalue weighted by Crippen LogP contribution is -1.92. The molecule has 0 saturated carbocycles. The van der Waals surface area contributed by atoms with Gasteiger partial charge in [0.25, 0.3) is 0 Å². The number of rotatable bonds is 7. The summed E-state index contributed by atoms with van der Waals surface area (Å²) in [5, 5.41) is 0. The molecule has 0 heterocycles. The van der Waals surface area contributed by atoms with Gasteiger partial charge in [-0.05, 0) is 33.1 Å². The largest absolute Gasteiger partial charge is 0.382 e. The second-order valence-corrected chi connectivity index (χ2v) is 2.62. The van der Waals surface area contributed by atoms with Crippen molar-refractivity contribution in [2.24, 2.45) is 0 Å². The van der Waals surface area contributed by atoms with Crippen LogP contribution in [0.15, 0.2) is 12.2 Å². The molecule has 0 N–H and O–H groups in total. The topological polar surface area (TPSA) is 9.23 Å². The van der Waals surface area contributed by atoms with E-state index in [0.717, 1.165) is 13.2 Å². The van der Waals surface area contributed by atoms with Crippen LogP contribution in [0.2, 0.25) is 0 Å². The molecule has 0 spiro atoms. The quantitative estimate of drug-likeness (QED) is 0.406. The minimum Gasteiger partial charge on any atom is -0.382 e. The molecule has 0 aliphatic rings. The van der Waals surface area contributed by atoms with Crippen LogP contribution in [-0.4, -0.2) is 13.2 Å². The summed E-state index contributed by atoms with van der Waals surface area (Å²) in [6, 6.07) is 0. The Morgan fingerprint density at radius 2 is 2.00 bits per heavy atom. The van der Waals surface area contributed by atoms with Gasteiger partial charge in [-0.3, -0.25) is 0 Å². The Kier molecular flexibility index (Phi) is 9.44. The van der Waals surface area contributed by atoms with Crippen molar-refractivity contribution in [3.8, 4) is 0 Å². The highest BCUT2D eigenvalue weighted by molar-refractivity contribution is 4.76. The second-order valence-electron chi connectivity index (χ2n) is 2.62. The van der Waals surface area contributed by atoms with Crippen molar-refractivity contribution >= 4 is 0 Å². The highest BCUT2D eigenvalue weighted by atomic mass is 16.5. The van der Waals surface area contributed by atoms with Crippen molar-refractivity contribution in [1.82, 2.24) is 0 Å². The van der Waals surface area contributed by atoms with E-state index in [1.54, 1.807) is 0 Å². The maximum absolute atomic E-state index is 5.22. The van der Waals surface area contributed by atoms with Gasteiger partial charge >= 0.3 is 0 Å². The number of allylic oxidation sites excluding steroid dienone is 2. The van der Waals surface area contributed by atoms with Crippen molar-refractivity contribution in [2.75, 3.05) is 13.2 Å². The molecule has 1 nitrogen and oxygen atoms in total. The summed E-state index contributed by atoms with van der Waals surface area (Å²) >= 11 is 0. The first-order valence-electron chi connectivity index (χ1n) is 4.60. The summed E-state index contributed by atoms with van der Waals surface area (Å²) in [7, 11) is 0.